The number of benzene rings is 1. The Bertz CT molecular complexity index is 432. The Morgan fingerprint density at radius 1 is 1.50 bits per heavy atom. The maximum absolute atomic E-state index is 5.99. The van der Waals surface area contributed by atoms with Gasteiger partial charge >= 0.3 is 0 Å². The highest BCUT2D eigenvalue weighted by atomic mass is 16.5. The SMILES string of the molecule is CC(=Cc1cccc2c1OC(C)(C)C2)CN. The topological polar surface area (TPSA) is 35.2 Å². The maximum atomic E-state index is 5.99. The van der Waals surface area contributed by atoms with Gasteiger partial charge in [-0.25, -0.2) is 0 Å². The van der Waals surface area contributed by atoms with Crippen LogP contribution in [-0.4, -0.2) is 12.1 Å². The summed E-state index contributed by atoms with van der Waals surface area (Å²) in [6.07, 6.45) is 3.09. The van der Waals surface area contributed by atoms with Crippen LogP contribution in [0.25, 0.3) is 6.08 Å². The molecule has 86 valence electrons. The van der Waals surface area contributed by atoms with Gasteiger partial charge in [-0.2, -0.15) is 0 Å². The summed E-state index contributed by atoms with van der Waals surface area (Å²) in [5.74, 6) is 1.03. The summed E-state index contributed by atoms with van der Waals surface area (Å²) in [7, 11) is 0. The van der Waals surface area contributed by atoms with Crippen molar-refractivity contribution < 1.29 is 4.74 Å². The van der Waals surface area contributed by atoms with E-state index in [-0.39, 0.29) is 5.60 Å². The van der Waals surface area contributed by atoms with Crippen molar-refractivity contribution in [3.8, 4) is 5.75 Å². The van der Waals surface area contributed by atoms with Gasteiger partial charge in [-0.15, -0.1) is 0 Å². The zero-order chi connectivity index (χ0) is 11.8. The van der Waals surface area contributed by atoms with E-state index in [0.717, 1.165) is 17.7 Å². The molecule has 2 nitrogen and oxygen atoms in total. The number of ether oxygens (including phenoxy) is 1. The van der Waals surface area contributed by atoms with Gasteiger partial charge in [-0.3, -0.25) is 0 Å². The van der Waals surface area contributed by atoms with Crippen LogP contribution >= 0.6 is 0 Å². The molecule has 1 heterocycles. The molecule has 1 aliphatic heterocycles. The third kappa shape index (κ3) is 2.12. The largest absolute Gasteiger partial charge is 0.487 e. The zero-order valence-electron chi connectivity index (χ0n) is 10.2. The fourth-order valence-corrected chi connectivity index (χ4v) is 2.08. The molecular formula is C14H19NO. The maximum Gasteiger partial charge on any atom is 0.130 e. The van der Waals surface area contributed by atoms with Crippen LogP contribution in [0.4, 0.5) is 0 Å². The first kappa shape index (κ1) is 11.2. The van der Waals surface area contributed by atoms with E-state index in [2.05, 4.69) is 38.1 Å². The molecule has 0 unspecified atom stereocenters. The van der Waals surface area contributed by atoms with Crippen molar-refractivity contribution >= 4 is 6.08 Å². The molecule has 0 aromatic heterocycles. The fourth-order valence-electron chi connectivity index (χ4n) is 2.08. The predicted octanol–water partition coefficient (Wildman–Crippen LogP) is 2.76. The minimum Gasteiger partial charge on any atom is -0.487 e. The standard InChI is InChI=1S/C14H19NO/c1-10(9-15)7-11-5-4-6-12-8-14(2,3)16-13(11)12/h4-7H,8-9,15H2,1-3H3. The molecule has 16 heavy (non-hydrogen) atoms. The molecule has 2 rings (SSSR count). The van der Waals surface area contributed by atoms with E-state index in [9.17, 15) is 0 Å². The third-order valence-corrected chi connectivity index (χ3v) is 2.85. The van der Waals surface area contributed by atoms with Crippen LogP contribution in [0, 0.1) is 0 Å². The van der Waals surface area contributed by atoms with Gasteiger partial charge in [0.25, 0.3) is 0 Å². The van der Waals surface area contributed by atoms with Crippen LogP contribution in [0.15, 0.2) is 23.8 Å². The van der Waals surface area contributed by atoms with Gasteiger partial charge in [0.2, 0.25) is 0 Å². The summed E-state index contributed by atoms with van der Waals surface area (Å²) >= 11 is 0. The highest BCUT2D eigenvalue weighted by molar-refractivity contribution is 5.63. The lowest BCUT2D eigenvalue weighted by Gasteiger charge is -2.17. The van der Waals surface area contributed by atoms with Gasteiger partial charge in [-0.1, -0.05) is 29.8 Å². The molecule has 1 aromatic rings. The summed E-state index contributed by atoms with van der Waals surface area (Å²) in [6.45, 7) is 6.87. The molecule has 1 aliphatic rings. The van der Waals surface area contributed by atoms with Gasteiger partial charge in [0, 0.05) is 18.5 Å². The summed E-state index contributed by atoms with van der Waals surface area (Å²) < 4.78 is 5.99. The first-order chi connectivity index (χ1) is 7.52. The second-order valence-corrected chi connectivity index (χ2v) is 5.07. The Balaban J connectivity index is 2.41. The lowest BCUT2D eigenvalue weighted by Crippen LogP contribution is -2.24. The van der Waals surface area contributed by atoms with Crippen LogP contribution < -0.4 is 10.5 Å². The lowest BCUT2D eigenvalue weighted by atomic mass is 10.00. The van der Waals surface area contributed by atoms with Gasteiger partial charge in [0.15, 0.2) is 0 Å². The quantitative estimate of drug-likeness (QED) is 0.826. The van der Waals surface area contributed by atoms with E-state index in [1.165, 1.54) is 11.1 Å². The van der Waals surface area contributed by atoms with Crippen LogP contribution in [-0.2, 0) is 6.42 Å². The van der Waals surface area contributed by atoms with Crippen molar-refractivity contribution in [1.29, 1.82) is 0 Å². The fraction of sp³-hybridized carbons (Fsp3) is 0.429. The molecular weight excluding hydrogens is 198 g/mol. The Labute approximate surface area is 97.1 Å². The smallest absolute Gasteiger partial charge is 0.130 e. The van der Waals surface area contributed by atoms with Gasteiger partial charge in [0.05, 0.1) is 0 Å². The highest BCUT2D eigenvalue weighted by Crippen LogP contribution is 2.38. The molecule has 0 saturated carbocycles. The first-order valence-electron chi connectivity index (χ1n) is 5.70. The van der Waals surface area contributed by atoms with Crippen LogP contribution in [0.3, 0.4) is 0 Å². The Kier molecular flexibility index (Phi) is 2.76. The molecule has 0 aliphatic carbocycles. The number of rotatable bonds is 2. The third-order valence-electron chi connectivity index (χ3n) is 2.85. The molecule has 1 aromatic carbocycles. The second-order valence-electron chi connectivity index (χ2n) is 5.07. The van der Waals surface area contributed by atoms with Gasteiger partial charge in [0.1, 0.15) is 11.4 Å². The van der Waals surface area contributed by atoms with E-state index in [0.29, 0.717) is 6.54 Å². The van der Waals surface area contributed by atoms with E-state index < -0.39 is 0 Å². The molecule has 2 N–H and O–H groups in total. The average Bonchev–Trinajstić information content (AvgIpc) is 2.53. The van der Waals surface area contributed by atoms with Crippen molar-refractivity contribution in [2.24, 2.45) is 5.73 Å². The van der Waals surface area contributed by atoms with E-state index >= 15 is 0 Å². The highest BCUT2D eigenvalue weighted by Gasteiger charge is 2.30. The minimum atomic E-state index is -0.0805. The average molecular weight is 217 g/mol. The van der Waals surface area contributed by atoms with Crippen LogP contribution in [0.5, 0.6) is 5.75 Å². The molecule has 0 saturated heterocycles. The molecule has 0 atom stereocenters. The van der Waals surface area contributed by atoms with Crippen molar-refractivity contribution in [3.63, 3.8) is 0 Å². The Morgan fingerprint density at radius 2 is 2.25 bits per heavy atom. The molecule has 2 heteroatoms. The summed E-state index contributed by atoms with van der Waals surface area (Å²) in [5.41, 5.74) is 9.14. The molecule has 0 fully saturated rings. The summed E-state index contributed by atoms with van der Waals surface area (Å²) in [4.78, 5) is 0. The number of hydrogen-bond donors (Lipinski definition) is 1. The number of nitrogens with two attached hydrogens (primary N) is 1. The second kappa shape index (κ2) is 3.95. The van der Waals surface area contributed by atoms with Crippen LogP contribution in [0.2, 0.25) is 0 Å². The molecule has 0 radical (unpaired) electrons. The lowest BCUT2D eigenvalue weighted by molar-refractivity contribution is 0.138. The Morgan fingerprint density at radius 3 is 2.94 bits per heavy atom. The minimum absolute atomic E-state index is 0.0805. The molecule has 0 spiro atoms. The number of fused-ring (bicyclic) bond motifs is 1. The number of para-hydroxylation sites is 1. The monoisotopic (exact) mass is 217 g/mol. The van der Waals surface area contributed by atoms with Crippen LogP contribution in [0.1, 0.15) is 31.9 Å². The van der Waals surface area contributed by atoms with E-state index in [4.69, 9.17) is 10.5 Å². The van der Waals surface area contributed by atoms with Crippen molar-refractivity contribution in [2.75, 3.05) is 6.54 Å². The zero-order valence-corrected chi connectivity index (χ0v) is 10.2. The number of hydrogen-bond acceptors (Lipinski definition) is 2. The molecule has 0 amide bonds. The Hall–Kier alpha value is -1.28. The van der Waals surface area contributed by atoms with Gasteiger partial charge < -0.3 is 10.5 Å². The van der Waals surface area contributed by atoms with E-state index in [1.807, 2.05) is 6.92 Å². The van der Waals surface area contributed by atoms with Crippen molar-refractivity contribution in [3.05, 3.63) is 34.9 Å². The molecule has 0 bridgehead atoms. The summed E-state index contributed by atoms with van der Waals surface area (Å²) in [5, 5.41) is 0. The van der Waals surface area contributed by atoms with Crippen molar-refractivity contribution in [2.45, 2.75) is 32.8 Å². The van der Waals surface area contributed by atoms with Gasteiger partial charge in [-0.05, 0) is 26.3 Å². The van der Waals surface area contributed by atoms with Crippen molar-refractivity contribution in [1.82, 2.24) is 0 Å². The predicted molar refractivity (Wildman–Crippen MR) is 67.6 cm³/mol. The van der Waals surface area contributed by atoms with E-state index in [1.54, 1.807) is 0 Å². The summed E-state index contributed by atoms with van der Waals surface area (Å²) in [6, 6.07) is 6.30. The normalized spacial score (nSPS) is 18.1. The first-order valence-corrected chi connectivity index (χ1v) is 5.70.